The summed E-state index contributed by atoms with van der Waals surface area (Å²) in [5.41, 5.74) is 1.67. The van der Waals surface area contributed by atoms with E-state index in [0.29, 0.717) is 11.3 Å². The molecule has 0 unspecified atom stereocenters. The molecule has 0 atom stereocenters. The van der Waals surface area contributed by atoms with E-state index in [0.717, 1.165) is 18.5 Å². The SMILES string of the molecule is CCCn1cc(-c2ccc(OC)cc2C(=O)O)cn1. The first-order valence-electron chi connectivity index (χ1n) is 6.10. The van der Waals surface area contributed by atoms with E-state index in [1.54, 1.807) is 18.3 Å². The van der Waals surface area contributed by atoms with Crippen molar-refractivity contribution in [2.75, 3.05) is 7.11 Å². The van der Waals surface area contributed by atoms with Crippen molar-refractivity contribution in [1.82, 2.24) is 9.78 Å². The number of ether oxygens (including phenoxy) is 1. The van der Waals surface area contributed by atoms with Crippen molar-refractivity contribution in [3.8, 4) is 16.9 Å². The van der Waals surface area contributed by atoms with Gasteiger partial charge in [0.2, 0.25) is 0 Å². The Kier molecular flexibility index (Phi) is 3.85. The van der Waals surface area contributed by atoms with Crippen LogP contribution in [-0.2, 0) is 6.54 Å². The molecule has 0 spiro atoms. The molecule has 0 bridgehead atoms. The Bertz CT molecular complexity index is 590. The molecule has 0 aliphatic heterocycles. The third kappa shape index (κ3) is 2.76. The second kappa shape index (κ2) is 5.56. The summed E-state index contributed by atoms with van der Waals surface area (Å²) in [6.07, 6.45) is 4.52. The van der Waals surface area contributed by atoms with Crippen molar-refractivity contribution in [3.05, 3.63) is 36.2 Å². The van der Waals surface area contributed by atoms with Crippen molar-refractivity contribution in [1.29, 1.82) is 0 Å². The fourth-order valence-corrected chi connectivity index (χ4v) is 1.93. The van der Waals surface area contributed by atoms with E-state index >= 15 is 0 Å². The maximum atomic E-state index is 11.3. The molecular formula is C14H16N2O3. The molecule has 1 aromatic heterocycles. The lowest BCUT2D eigenvalue weighted by Crippen LogP contribution is -2.00. The van der Waals surface area contributed by atoms with Crippen LogP contribution in [0.4, 0.5) is 0 Å². The van der Waals surface area contributed by atoms with Crippen molar-refractivity contribution in [3.63, 3.8) is 0 Å². The molecule has 2 rings (SSSR count). The number of hydrogen-bond donors (Lipinski definition) is 1. The fourth-order valence-electron chi connectivity index (χ4n) is 1.93. The van der Waals surface area contributed by atoms with Crippen LogP contribution < -0.4 is 4.74 Å². The molecule has 0 radical (unpaired) electrons. The molecule has 1 N–H and O–H groups in total. The topological polar surface area (TPSA) is 64.3 Å². The number of hydrogen-bond acceptors (Lipinski definition) is 3. The summed E-state index contributed by atoms with van der Waals surface area (Å²) in [6.45, 7) is 2.88. The second-order valence-electron chi connectivity index (χ2n) is 4.21. The molecule has 100 valence electrons. The van der Waals surface area contributed by atoms with Gasteiger partial charge in [-0.15, -0.1) is 0 Å². The standard InChI is InChI=1S/C14H16N2O3/c1-3-6-16-9-10(8-15-16)12-5-4-11(19-2)7-13(12)14(17)18/h4-5,7-9H,3,6H2,1-2H3,(H,17,18). The van der Waals surface area contributed by atoms with Crippen molar-refractivity contribution < 1.29 is 14.6 Å². The molecule has 1 aromatic carbocycles. The first-order chi connectivity index (χ1) is 9.15. The van der Waals surface area contributed by atoms with Gasteiger partial charge >= 0.3 is 5.97 Å². The minimum atomic E-state index is -0.975. The summed E-state index contributed by atoms with van der Waals surface area (Å²) in [5, 5.41) is 13.5. The number of aromatic nitrogens is 2. The number of rotatable bonds is 5. The summed E-state index contributed by atoms with van der Waals surface area (Å²) < 4.78 is 6.87. The molecule has 2 aromatic rings. The zero-order chi connectivity index (χ0) is 13.8. The highest BCUT2D eigenvalue weighted by molar-refractivity contribution is 5.96. The quantitative estimate of drug-likeness (QED) is 0.897. The lowest BCUT2D eigenvalue weighted by Gasteiger charge is -2.06. The van der Waals surface area contributed by atoms with Gasteiger partial charge < -0.3 is 9.84 Å². The number of carboxylic acids is 1. The van der Waals surface area contributed by atoms with Gasteiger partial charge in [0.1, 0.15) is 5.75 Å². The van der Waals surface area contributed by atoms with E-state index in [9.17, 15) is 9.90 Å². The highest BCUT2D eigenvalue weighted by atomic mass is 16.5. The van der Waals surface area contributed by atoms with Crippen LogP contribution in [0.5, 0.6) is 5.75 Å². The molecule has 0 aliphatic carbocycles. The van der Waals surface area contributed by atoms with E-state index in [1.807, 2.05) is 10.9 Å². The predicted molar refractivity (Wildman–Crippen MR) is 71.5 cm³/mol. The number of carboxylic acid groups (broad SMARTS) is 1. The van der Waals surface area contributed by atoms with Crippen LogP contribution in [0.3, 0.4) is 0 Å². The molecule has 0 amide bonds. The molecule has 0 fully saturated rings. The fraction of sp³-hybridized carbons (Fsp3) is 0.286. The van der Waals surface area contributed by atoms with Gasteiger partial charge in [0.15, 0.2) is 0 Å². The highest BCUT2D eigenvalue weighted by Gasteiger charge is 2.14. The Morgan fingerprint density at radius 2 is 2.26 bits per heavy atom. The number of aryl methyl sites for hydroxylation is 1. The molecule has 0 aliphatic rings. The lowest BCUT2D eigenvalue weighted by atomic mass is 10.0. The molecule has 5 nitrogen and oxygen atoms in total. The molecule has 1 heterocycles. The third-order valence-electron chi connectivity index (χ3n) is 2.85. The van der Waals surface area contributed by atoms with E-state index in [1.165, 1.54) is 13.2 Å². The molecule has 0 saturated heterocycles. The minimum absolute atomic E-state index is 0.218. The summed E-state index contributed by atoms with van der Waals surface area (Å²) in [7, 11) is 1.51. The average molecular weight is 260 g/mol. The molecule has 0 saturated carbocycles. The van der Waals surface area contributed by atoms with Crippen LogP contribution in [0.15, 0.2) is 30.6 Å². The first kappa shape index (κ1) is 13.1. The predicted octanol–water partition coefficient (Wildman–Crippen LogP) is 2.67. The summed E-state index contributed by atoms with van der Waals surface area (Å²) in [4.78, 5) is 11.3. The van der Waals surface area contributed by atoms with Crippen LogP contribution >= 0.6 is 0 Å². The summed E-state index contributed by atoms with van der Waals surface area (Å²) in [6, 6.07) is 5.02. The molecule has 19 heavy (non-hydrogen) atoms. The minimum Gasteiger partial charge on any atom is -0.497 e. The number of benzene rings is 1. The number of nitrogens with zero attached hydrogens (tertiary/aromatic N) is 2. The Morgan fingerprint density at radius 1 is 1.47 bits per heavy atom. The normalized spacial score (nSPS) is 10.4. The van der Waals surface area contributed by atoms with Gasteiger partial charge in [0.25, 0.3) is 0 Å². The Morgan fingerprint density at radius 3 is 2.89 bits per heavy atom. The number of methoxy groups -OCH3 is 1. The smallest absolute Gasteiger partial charge is 0.336 e. The zero-order valence-corrected chi connectivity index (χ0v) is 11.0. The molecule has 5 heteroatoms. The largest absolute Gasteiger partial charge is 0.497 e. The van der Waals surface area contributed by atoms with Gasteiger partial charge in [-0.2, -0.15) is 5.10 Å². The third-order valence-corrected chi connectivity index (χ3v) is 2.85. The van der Waals surface area contributed by atoms with Crippen LogP contribution in [0.1, 0.15) is 23.7 Å². The van der Waals surface area contributed by atoms with Gasteiger partial charge in [-0.05, 0) is 30.2 Å². The van der Waals surface area contributed by atoms with Crippen LogP contribution in [0, 0.1) is 0 Å². The number of aromatic carboxylic acids is 1. The van der Waals surface area contributed by atoms with Gasteiger partial charge in [0.05, 0.1) is 18.9 Å². The van der Waals surface area contributed by atoms with Crippen LogP contribution in [-0.4, -0.2) is 28.0 Å². The average Bonchev–Trinajstić information content (AvgIpc) is 2.87. The number of carbonyl (C=O) groups is 1. The van der Waals surface area contributed by atoms with E-state index < -0.39 is 5.97 Å². The Hall–Kier alpha value is -2.30. The zero-order valence-electron chi connectivity index (χ0n) is 11.0. The second-order valence-corrected chi connectivity index (χ2v) is 4.21. The monoisotopic (exact) mass is 260 g/mol. The summed E-state index contributed by atoms with van der Waals surface area (Å²) in [5.74, 6) is -0.445. The maximum Gasteiger partial charge on any atom is 0.336 e. The van der Waals surface area contributed by atoms with Crippen molar-refractivity contribution in [2.24, 2.45) is 0 Å². The Balaban J connectivity index is 2.45. The van der Waals surface area contributed by atoms with E-state index in [4.69, 9.17) is 4.74 Å². The Labute approximate surface area is 111 Å². The van der Waals surface area contributed by atoms with Gasteiger partial charge in [-0.25, -0.2) is 4.79 Å². The first-order valence-corrected chi connectivity index (χ1v) is 6.10. The van der Waals surface area contributed by atoms with E-state index in [2.05, 4.69) is 12.0 Å². The van der Waals surface area contributed by atoms with Crippen molar-refractivity contribution in [2.45, 2.75) is 19.9 Å². The summed E-state index contributed by atoms with van der Waals surface area (Å²) >= 11 is 0. The van der Waals surface area contributed by atoms with Gasteiger partial charge in [-0.3, -0.25) is 4.68 Å². The highest BCUT2D eigenvalue weighted by Crippen LogP contribution is 2.27. The van der Waals surface area contributed by atoms with Crippen molar-refractivity contribution >= 4 is 5.97 Å². The van der Waals surface area contributed by atoms with Crippen LogP contribution in [0.2, 0.25) is 0 Å². The van der Waals surface area contributed by atoms with Gasteiger partial charge in [0, 0.05) is 18.3 Å². The van der Waals surface area contributed by atoms with E-state index in [-0.39, 0.29) is 5.56 Å². The van der Waals surface area contributed by atoms with Gasteiger partial charge in [-0.1, -0.05) is 6.92 Å². The molecular weight excluding hydrogens is 244 g/mol. The van der Waals surface area contributed by atoms with Crippen LogP contribution in [0.25, 0.3) is 11.1 Å². The maximum absolute atomic E-state index is 11.3. The lowest BCUT2D eigenvalue weighted by molar-refractivity contribution is 0.0697.